The van der Waals surface area contributed by atoms with Crippen molar-refractivity contribution in [3.8, 4) is 0 Å². The van der Waals surface area contributed by atoms with E-state index in [0.29, 0.717) is 17.7 Å². The second-order valence-corrected chi connectivity index (χ2v) is 6.84. The first kappa shape index (κ1) is 18.0. The van der Waals surface area contributed by atoms with Crippen LogP contribution in [0.3, 0.4) is 0 Å². The third kappa shape index (κ3) is 4.35. The van der Waals surface area contributed by atoms with E-state index in [0.717, 1.165) is 37.2 Å². The molecule has 1 aromatic rings. The Morgan fingerprint density at radius 2 is 1.70 bits per heavy atom. The number of nitrogens with zero attached hydrogens (tertiary/aromatic N) is 2. The third-order valence-electron chi connectivity index (χ3n) is 4.90. The van der Waals surface area contributed by atoms with E-state index in [2.05, 4.69) is 49.0 Å². The second-order valence-electron chi connectivity index (χ2n) is 6.84. The SMILES string of the molecule is CC.Cc1ccc(N2CCC(N(C)C)CC2)c(C(=O)C2CC2)c1. The molecule has 0 atom stereocenters. The number of carbonyl (C=O) groups is 1. The highest BCUT2D eigenvalue weighted by atomic mass is 16.1. The highest BCUT2D eigenvalue weighted by molar-refractivity contribution is 6.04. The Morgan fingerprint density at radius 1 is 1.09 bits per heavy atom. The number of carbonyl (C=O) groups excluding carboxylic acids is 1. The number of rotatable bonds is 4. The van der Waals surface area contributed by atoms with Gasteiger partial charge in [-0.2, -0.15) is 0 Å². The number of hydrogen-bond donors (Lipinski definition) is 0. The topological polar surface area (TPSA) is 23.6 Å². The zero-order chi connectivity index (χ0) is 17.0. The van der Waals surface area contributed by atoms with Gasteiger partial charge in [0.05, 0.1) is 0 Å². The Morgan fingerprint density at radius 3 is 2.22 bits per heavy atom. The van der Waals surface area contributed by atoms with Gasteiger partial charge < -0.3 is 9.80 Å². The van der Waals surface area contributed by atoms with E-state index in [9.17, 15) is 4.79 Å². The van der Waals surface area contributed by atoms with Crippen molar-refractivity contribution in [3.05, 3.63) is 29.3 Å². The number of Topliss-reactive ketones (excluding diaryl/α,β-unsaturated/α-hetero) is 1. The fourth-order valence-corrected chi connectivity index (χ4v) is 3.31. The van der Waals surface area contributed by atoms with Gasteiger partial charge in [0.2, 0.25) is 0 Å². The molecule has 0 bridgehead atoms. The van der Waals surface area contributed by atoms with Crippen molar-refractivity contribution in [1.82, 2.24) is 4.90 Å². The molecule has 1 aromatic carbocycles. The van der Waals surface area contributed by atoms with Crippen molar-refractivity contribution in [2.75, 3.05) is 32.1 Å². The van der Waals surface area contributed by atoms with Crippen molar-refractivity contribution in [2.24, 2.45) is 5.92 Å². The van der Waals surface area contributed by atoms with Gasteiger partial charge in [-0.15, -0.1) is 0 Å². The molecule has 0 amide bonds. The number of anilines is 1. The Bertz CT molecular complexity index is 526. The molecule has 0 aromatic heterocycles. The van der Waals surface area contributed by atoms with Crippen LogP contribution in [0.1, 0.15) is 55.5 Å². The lowest BCUT2D eigenvalue weighted by molar-refractivity contribution is 0.0968. The molecule has 1 aliphatic carbocycles. The molecule has 0 spiro atoms. The lowest BCUT2D eigenvalue weighted by Gasteiger charge is -2.37. The maximum atomic E-state index is 12.6. The first-order valence-electron chi connectivity index (χ1n) is 9.12. The van der Waals surface area contributed by atoms with Gasteiger partial charge in [-0.25, -0.2) is 0 Å². The van der Waals surface area contributed by atoms with E-state index in [1.165, 1.54) is 18.4 Å². The minimum atomic E-state index is 0.296. The molecule has 3 heteroatoms. The van der Waals surface area contributed by atoms with Crippen LogP contribution in [0.2, 0.25) is 0 Å². The van der Waals surface area contributed by atoms with Crippen LogP contribution in [-0.4, -0.2) is 43.9 Å². The number of hydrogen-bond acceptors (Lipinski definition) is 3. The average molecular weight is 316 g/mol. The molecular formula is C20H32N2O. The van der Waals surface area contributed by atoms with Crippen molar-refractivity contribution < 1.29 is 4.79 Å². The summed E-state index contributed by atoms with van der Waals surface area (Å²) in [5.41, 5.74) is 3.31. The van der Waals surface area contributed by atoms with Crippen molar-refractivity contribution in [3.63, 3.8) is 0 Å². The summed E-state index contributed by atoms with van der Waals surface area (Å²) in [6.45, 7) is 8.18. The third-order valence-corrected chi connectivity index (χ3v) is 4.90. The van der Waals surface area contributed by atoms with Gasteiger partial charge in [-0.05, 0) is 58.8 Å². The molecule has 3 nitrogen and oxygen atoms in total. The summed E-state index contributed by atoms with van der Waals surface area (Å²) in [5.74, 6) is 0.660. The fraction of sp³-hybridized carbons (Fsp3) is 0.650. The summed E-state index contributed by atoms with van der Waals surface area (Å²) in [4.78, 5) is 17.3. The predicted molar refractivity (Wildman–Crippen MR) is 98.5 cm³/mol. The van der Waals surface area contributed by atoms with E-state index in [4.69, 9.17) is 0 Å². The quantitative estimate of drug-likeness (QED) is 0.780. The molecule has 1 saturated heterocycles. The van der Waals surface area contributed by atoms with Crippen molar-refractivity contribution >= 4 is 11.5 Å². The number of ketones is 1. The largest absolute Gasteiger partial charge is 0.371 e. The second kappa shape index (κ2) is 7.96. The van der Waals surface area contributed by atoms with Crippen molar-refractivity contribution in [2.45, 2.75) is 52.5 Å². The van der Waals surface area contributed by atoms with Crippen LogP contribution >= 0.6 is 0 Å². The summed E-state index contributed by atoms with van der Waals surface area (Å²) in [6.07, 6.45) is 4.51. The predicted octanol–water partition coefficient (Wildman–Crippen LogP) is 4.14. The molecule has 1 saturated carbocycles. The normalized spacial score (nSPS) is 18.6. The molecule has 0 unspecified atom stereocenters. The summed E-state index contributed by atoms with van der Waals surface area (Å²) in [6, 6.07) is 7.06. The summed E-state index contributed by atoms with van der Waals surface area (Å²) in [5, 5.41) is 0. The van der Waals surface area contributed by atoms with Gasteiger partial charge in [0, 0.05) is 36.3 Å². The van der Waals surface area contributed by atoms with Gasteiger partial charge in [0.1, 0.15) is 0 Å². The molecule has 1 aliphatic heterocycles. The summed E-state index contributed by atoms with van der Waals surface area (Å²) >= 11 is 0. The molecule has 2 aliphatic rings. The minimum absolute atomic E-state index is 0.296. The zero-order valence-corrected chi connectivity index (χ0v) is 15.4. The molecule has 3 rings (SSSR count). The van der Waals surface area contributed by atoms with Crippen LogP contribution in [0.25, 0.3) is 0 Å². The number of aryl methyl sites for hydroxylation is 1. The summed E-state index contributed by atoms with van der Waals surface area (Å²) < 4.78 is 0. The van der Waals surface area contributed by atoms with E-state index < -0.39 is 0 Å². The van der Waals surface area contributed by atoms with E-state index in [1.807, 2.05) is 13.8 Å². The Balaban J connectivity index is 0.000000924. The molecule has 23 heavy (non-hydrogen) atoms. The van der Waals surface area contributed by atoms with Gasteiger partial charge in [-0.1, -0.05) is 25.5 Å². The Kier molecular flexibility index (Phi) is 6.23. The number of benzene rings is 1. The van der Waals surface area contributed by atoms with Crippen LogP contribution in [0, 0.1) is 12.8 Å². The maximum Gasteiger partial charge on any atom is 0.168 e. The first-order chi connectivity index (χ1) is 11.1. The lowest BCUT2D eigenvalue weighted by atomic mass is 9.98. The van der Waals surface area contributed by atoms with Crippen LogP contribution in [0.5, 0.6) is 0 Å². The monoisotopic (exact) mass is 316 g/mol. The fourth-order valence-electron chi connectivity index (χ4n) is 3.31. The molecular weight excluding hydrogens is 284 g/mol. The minimum Gasteiger partial charge on any atom is -0.371 e. The zero-order valence-electron chi connectivity index (χ0n) is 15.4. The molecule has 2 fully saturated rings. The highest BCUT2D eigenvalue weighted by Crippen LogP contribution is 2.36. The number of piperidine rings is 1. The van der Waals surface area contributed by atoms with Gasteiger partial charge >= 0.3 is 0 Å². The molecule has 1 heterocycles. The lowest BCUT2D eigenvalue weighted by Crippen LogP contribution is -2.42. The van der Waals surface area contributed by atoms with E-state index >= 15 is 0 Å². The van der Waals surface area contributed by atoms with Crippen LogP contribution < -0.4 is 4.90 Å². The van der Waals surface area contributed by atoms with Gasteiger partial charge in [0.25, 0.3) is 0 Å². The standard InChI is InChI=1S/C18H26N2O.C2H6/c1-13-4-7-17(16(12-13)18(21)14-5-6-14)20-10-8-15(9-11-20)19(2)3;1-2/h4,7,12,14-15H,5-6,8-11H2,1-3H3;1-2H3. The summed E-state index contributed by atoms with van der Waals surface area (Å²) in [7, 11) is 4.32. The van der Waals surface area contributed by atoms with Gasteiger partial charge in [-0.3, -0.25) is 4.79 Å². The average Bonchev–Trinajstić information content (AvgIpc) is 3.41. The Hall–Kier alpha value is -1.35. The molecule has 0 radical (unpaired) electrons. The Labute approximate surface area is 141 Å². The van der Waals surface area contributed by atoms with E-state index in [1.54, 1.807) is 0 Å². The molecule has 128 valence electrons. The molecule has 0 N–H and O–H groups in total. The smallest absolute Gasteiger partial charge is 0.168 e. The maximum absolute atomic E-state index is 12.6. The van der Waals surface area contributed by atoms with Crippen LogP contribution in [0.4, 0.5) is 5.69 Å². The van der Waals surface area contributed by atoms with Crippen molar-refractivity contribution in [1.29, 1.82) is 0 Å². The highest BCUT2D eigenvalue weighted by Gasteiger charge is 2.33. The first-order valence-corrected chi connectivity index (χ1v) is 9.12. The van der Waals surface area contributed by atoms with Crippen LogP contribution in [-0.2, 0) is 0 Å². The van der Waals surface area contributed by atoms with Crippen LogP contribution in [0.15, 0.2) is 18.2 Å². The van der Waals surface area contributed by atoms with E-state index in [-0.39, 0.29) is 0 Å². The van der Waals surface area contributed by atoms with Gasteiger partial charge in [0.15, 0.2) is 5.78 Å².